The van der Waals surface area contributed by atoms with Crippen molar-refractivity contribution >= 4 is 5.91 Å². The van der Waals surface area contributed by atoms with Crippen LogP contribution >= 0.6 is 0 Å². The van der Waals surface area contributed by atoms with Crippen LogP contribution in [0.3, 0.4) is 0 Å². The Morgan fingerprint density at radius 2 is 2.04 bits per heavy atom. The van der Waals surface area contributed by atoms with Gasteiger partial charge in [0.2, 0.25) is 5.91 Å². The zero-order chi connectivity index (χ0) is 17.1. The van der Waals surface area contributed by atoms with Gasteiger partial charge in [0.15, 0.2) is 5.75 Å². The number of benzene rings is 1. The number of nitrogens with zero attached hydrogens (tertiary/aromatic N) is 2. The molecule has 0 saturated carbocycles. The number of likely N-dealkylation sites (tertiary alicyclic amines) is 1. The van der Waals surface area contributed by atoms with Gasteiger partial charge in [-0.3, -0.25) is 9.59 Å². The highest BCUT2D eigenvalue weighted by atomic mass is 16.5. The highest BCUT2D eigenvalue weighted by Gasteiger charge is 2.33. The molecule has 3 rings (SSSR count). The Hall–Kier alpha value is -2.76. The largest absolute Gasteiger partial charge is 0.497 e. The van der Waals surface area contributed by atoms with E-state index in [0.29, 0.717) is 6.54 Å². The van der Waals surface area contributed by atoms with Crippen molar-refractivity contribution in [1.29, 1.82) is 0 Å². The average molecular weight is 328 g/mol. The number of methoxy groups -OCH3 is 2. The Morgan fingerprint density at radius 1 is 1.21 bits per heavy atom. The van der Waals surface area contributed by atoms with Crippen molar-refractivity contribution in [1.82, 2.24) is 9.47 Å². The van der Waals surface area contributed by atoms with E-state index < -0.39 is 0 Å². The third-order valence-corrected chi connectivity index (χ3v) is 4.33. The van der Waals surface area contributed by atoms with Crippen LogP contribution in [0.25, 0.3) is 0 Å². The molecule has 1 aromatic heterocycles. The van der Waals surface area contributed by atoms with Gasteiger partial charge in [0.25, 0.3) is 5.56 Å². The molecule has 0 spiro atoms. The van der Waals surface area contributed by atoms with Crippen LogP contribution in [0.2, 0.25) is 0 Å². The molecule has 0 N–H and O–H groups in total. The number of pyridine rings is 1. The van der Waals surface area contributed by atoms with Crippen molar-refractivity contribution in [2.24, 2.45) is 0 Å². The minimum atomic E-state index is -0.299. The topological polar surface area (TPSA) is 60.8 Å². The third kappa shape index (κ3) is 2.99. The van der Waals surface area contributed by atoms with Gasteiger partial charge in [-0.2, -0.15) is 0 Å². The summed E-state index contributed by atoms with van der Waals surface area (Å²) in [6.07, 6.45) is 2.51. The molecule has 2 aromatic rings. The molecule has 6 nitrogen and oxygen atoms in total. The van der Waals surface area contributed by atoms with Crippen LogP contribution in [-0.2, 0) is 11.3 Å². The fourth-order valence-electron chi connectivity index (χ4n) is 2.91. The van der Waals surface area contributed by atoms with Crippen LogP contribution in [0.4, 0.5) is 0 Å². The second-order valence-corrected chi connectivity index (χ2v) is 5.68. The molecule has 1 amide bonds. The van der Waals surface area contributed by atoms with Crippen molar-refractivity contribution in [3.63, 3.8) is 0 Å². The monoisotopic (exact) mass is 328 g/mol. The second kappa shape index (κ2) is 6.78. The summed E-state index contributed by atoms with van der Waals surface area (Å²) in [7, 11) is 3.06. The molecule has 0 aliphatic carbocycles. The lowest BCUT2D eigenvalue weighted by Crippen LogP contribution is -2.47. The predicted molar refractivity (Wildman–Crippen MR) is 89.3 cm³/mol. The molecule has 1 atom stereocenters. The zero-order valence-electron chi connectivity index (χ0n) is 13.8. The van der Waals surface area contributed by atoms with E-state index >= 15 is 0 Å². The standard InChI is InChI=1S/C18H20N2O4/c1-23-14-6-3-5-13(11-14)15-8-10-20(15)17(21)12-19-9-4-7-16(24-2)18(19)22/h3-7,9,11,15H,8,10,12H2,1-2H3. The molecule has 126 valence electrons. The van der Waals surface area contributed by atoms with Crippen LogP contribution in [0.5, 0.6) is 11.5 Å². The smallest absolute Gasteiger partial charge is 0.293 e. The summed E-state index contributed by atoms with van der Waals surface area (Å²) in [5.41, 5.74) is 0.749. The van der Waals surface area contributed by atoms with E-state index in [9.17, 15) is 9.59 Å². The summed E-state index contributed by atoms with van der Waals surface area (Å²) in [6, 6.07) is 11.1. The molecule has 1 aliphatic rings. The van der Waals surface area contributed by atoms with Gasteiger partial charge in [0, 0.05) is 12.7 Å². The van der Waals surface area contributed by atoms with E-state index in [4.69, 9.17) is 9.47 Å². The van der Waals surface area contributed by atoms with Gasteiger partial charge in [0.1, 0.15) is 12.3 Å². The molecule has 6 heteroatoms. The number of aromatic nitrogens is 1. The summed E-state index contributed by atoms with van der Waals surface area (Å²) in [6.45, 7) is 0.704. The zero-order valence-corrected chi connectivity index (χ0v) is 13.8. The lowest BCUT2D eigenvalue weighted by Gasteiger charge is -2.41. The maximum absolute atomic E-state index is 12.6. The fraction of sp³-hybridized carbons (Fsp3) is 0.333. The molecule has 1 aliphatic heterocycles. The Labute approximate surface area is 140 Å². The van der Waals surface area contributed by atoms with Crippen LogP contribution in [-0.4, -0.2) is 36.1 Å². The van der Waals surface area contributed by atoms with Gasteiger partial charge < -0.3 is 18.9 Å². The van der Waals surface area contributed by atoms with Crippen molar-refractivity contribution in [3.05, 3.63) is 58.5 Å². The highest BCUT2D eigenvalue weighted by Crippen LogP contribution is 2.34. The normalized spacial score (nSPS) is 16.4. The number of hydrogen-bond acceptors (Lipinski definition) is 4. The maximum atomic E-state index is 12.6. The first-order chi connectivity index (χ1) is 11.6. The van der Waals surface area contributed by atoms with E-state index in [1.54, 1.807) is 30.3 Å². The Kier molecular flexibility index (Phi) is 4.55. The first kappa shape index (κ1) is 16.1. The summed E-state index contributed by atoms with van der Waals surface area (Å²) < 4.78 is 11.6. The minimum absolute atomic E-state index is 0.0104. The lowest BCUT2D eigenvalue weighted by atomic mass is 9.94. The van der Waals surface area contributed by atoms with Gasteiger partial charge in [0.05, 0.1) is 20.3 Å². The lowest BCUT2D eigenvalue weighted by molar-refractivity contribution is -0.139. The number of rotatable bonds is 5. The van der Waals surface area contributed by atoms with Crippen molar-refractivity contribution < 1.29 is 14.3 Å². The summed E-state index contributed by atoms with van der Waals surface area (Å²) >= 11 is 0. The van der Waals surface area contributed by atoms with Crippen molar-refractivity contribution in [3.8, 4) is 11.5 Å². The first-order valence-electron chi connectivity index (χ1n) is 7.81. The highest BCUT2D eigenvalue weighted by molar-refractivity contribution is 5.77. The fourth-order valence-corrected chi connectivity index (χ4v) is 2.91. The molecule has 0 radical (unpaired) electrons. The summed E-state index contributed by atoms with van der Waals surface area (Å²) in [5.74, 6) is 0.929. The Balaban J connectivity index is 1.75. The second-order valence-electron chi connectivity index (χ2n) is 5.68. The van der Waals surface area contributed by atoms with E-state index in [-0.39, 0.29) is 29.8 Å². The Bertz CT molecular complexity index is 800. The van der Waals surface area contributed by atoms with E-state index in [0.717, 1.165) is 17.7 Å². The molecular formula is C18H20N2O4. The van der Waals surface area contributed by atoms with Gasteiger partial charge in [-0.15, -0.1) is 0 Å². The Morgan fingerprint density at radius 3 is 2.71 bits per heavy atom. The third-order valence-electron chi connectivity index (χ3n) is 4.33. The van der Waals surface area contributed by atoms with Gasteiger partial charge >= 0.3 is 0 Å². The molecule has 0 bridgehead atoms. The SMILES string of the molecule is COc1cccc(C2CCN2C(=O)Cn2cccc(OC)c2=O)c1. The van der Waals surface area contributed by atoms with Crippen LogP contribution in [0, 0.1) is 0 Å². The average Bonchev–Trinajstić information content (AvgIpc) is 2.56. The molecule has 2 heterocycles. The van der Waals surface area contributed by atoms with Crippen molar-refractivity contribution in [2.75, 3.05) is 20.8 Å². The molecular weight excluding hydrogens is 308 g/mol. The van der Waals surface area contributed by atoms with Crippen molar-refractivity contribution in [2.45, 2.75) is 19.0 Å². The van der Waals surface area contributed by atoms with Gasteiger partial charge in [-0.1, -0.05) is 12.1 Å². The van der Waals surface area contributed by atoms with E-state index in [2.05, 4.69) is 0 Å². The summed E-state index contributed by atoms with van der Waals surface area (Å²) in [5, 5.41) is 0. The predicted octanol–water partition coefficient (Wildman–Crippen LogP) is 1.84. The molecule has 24 heavy (non-hydrogen) atoms. The maximum Gasteiger partial charge on any atom is 0.293 e. The van der Waals surface area contributed by atoms with Crippen LogP contribution in [0.15, 0.2) is 47.4 Å². The molecule has 1 fully saturated rings. The first-order valence-corrected chi connectivity index (χ1v) is 7.81. The quantitative estimate of drug-likeness (QED) is 0.840. The van der Waals surface area contributed by atoms with Crippen LogP contribution in [0.1, 0.15) is 18.0 Å². The van der Waals surface area contributed by atoms with E-state index in [1.165, 1.54) is 11.7 Å². The minimum Gasteiger partial charge on any atom is -0.497 e. The van der Waals surface area contributed by atoms with Crippen LogP contribution < -0.4 is 15.0 Å². The van der Waals surface area contributed by atoms with Gasteiger partial charge in [-0.05, 0) is 36.2 Å². The number of ether oxygens (including phenoxy) is 2. The summed E-state index contributed by atoms with van der Waals surface area (Å²) in [4.78, 5) is 26.5. The molecule has 1 aromatic carbocycles. The van der Waals surface area contributed by atoms with E-state index in [1.807, 2.05) is 24.3 Å². The number of amides is 1. The molecule has 1 unspecified atom stereocenters. The number of carbonyl (C=O) groups is 1. The number of hydrogen-bond donors (Lipinski definition) is 0. The number of carbonyl (C=O) groups excluding carboxylic acids is 1. The molecule has 1 saturated heterocycles. The van der Waals surface area contributed by atoms with Gasteiger partial charge in [-0.25, -0.2) is 0 Å².